The van der Waals surface area contributed by atoms with Gasteiger partial charge in [0, 0.05) is 34.8 Å². The smallest absolute Gasteiger partial charge is 0.388 e. The molecule has 5 aromatic rings. The zero-order chi connectivity index (χ0) is 25.4. The maximum atomic E-state index is 12.8. The number of fused-ring (bicyclic) bond motifs is 1. The number of H-pyrrole nitrogens is 1. The number of nitrogens with zero attached hydrogens (tertiary/aromatic N) is 4. The van der Waals surface area contributed by atoms with E-state index in [0.29, 0.717) is 28.2 Å². The zero-order valence-corrected chi connectivity index (χ0v) is 19.8. The standard InChI is InChI=1S/C26H24F2N6O2/c1-14-12-29-24(36-26(27)28)11-19(14)25-18(16(3)35)6-9-23(33-25)34-13-30-20-10-17(5-7-21(20)34)32-22-8-4-15(2)31-22/h4-13,16,26,31-32,35H,1-3H3. The lowest BCUT2D eigenvalue weighted by Gasteiger charge is -2.16. The van der Waals surface area contributed by atoms with Gasteiger partial charge in [-0.25, -0.2) is 15.0 Å². The number of nitrogens with one attached hydrogen (secondary N) is 2. The van der Waals surface area contributed by atoms with Gasteiger partial charge in [-0.2, -0.15) is 8.78 Å². The summed E-state index contributed by atoms with van der Waals surface area (Å²) in [6, 6.07) is 14.7. The number of aliphatic hydroxyl groups is 1. The highest BCUT2D eigenvalue weighted by atomic mass is 19.3. The minimum atomic E-state index is -3.00. The first-order chi connectivity index (χ1) is 17.3. The Morgan fingerprint density at radius 1 is 1.06 bits per heavy atom. The van der Waals surface area contributed by atoms with Gasteiger partial charge in [0.2, 0.25) is 5.88 Å². The summed E-state index contributed by atoms with van der Waals surface area (Å²) >= 11 is 0. The molecule has 5 rings (SSSR count). The number of hydrogen-bond acceptors (Lipinski definition) is 6. The van der Waals surface area contributed by atoms with Gasteiger partial charge in [0.15, 0.2) is 0 Å². The van der Waals surface area contributed by atoms with E-state index in [4.69, 9.17) is 4.98 Å². The van der Waals surface area contributed by atoms with Crippen LogP contribution in [-0.4, -0.2) is 36.2 Å². The van der Waals surface area contributed by atoms with E-state index in [2.05, 4.69) is 25.0 Å². The number of alkyl halides is 2. The molecule has 10 heteroatoms. The Balaban J connectivity index is 1.56. The van der Waals surface area contributed by atoms with Crippen molar-refractivity contribution in [3.05, 3.63) is 77.9 Å². The SMILES string of the molecule is Cc1ccc(Nc2ccc3c(c2)ncn3-c2ccc(C(C)O)c(-c3cc(OC(F)F)ncc3C)n2)[nH]1. The molecule has 0 radical (unpaired) electrons. The molecule has 0 fully saturated rings. The number of imidazole rings is 1. The first kappa shape index (κ1) is 23.4. The van der Waals surface area contributed by atoms with Gasteiger partial charge in [0.05, 0.1) is 22.8 Å². The third-order valence-corrected chi connectivity index (χ3v) is 5.81. The highest BCUT2D eigenvalue weighted by Crippen LogP contribution is 2.33. The molecule has 4 heterocycles. The average molecular weight is 491 g/mol. The molecule has 4 aromatic heterocycles. The molecule has 0 amide bonds. The number of aliphatic hydroxyl groups excluding tert-OH is 1. The van der Waals surface area contributed by atoms with Gasteiger partial charge < -0.3 is 20.1 Å². The van der Waals surface area contributed by atoms with E-state index in [1.807, 2.05) is 41.8 Å². The summed E-state index contributed by atoms with van der Waals surface area (Å²) in [5.74, 6) is 1.22. The normalized spacial score (nSPS) is 12.3. The fourth-order valence-corrected chi connectivity index (χ4v) is 4.07. The van der Waals surface area contributed by atoms with Gasteiger partial charge in [-0.05, 0) is 62.7 Å². The Bertz CT molecular complexity index is 1540. The van der Waals surface area contributed by atoms with Gasteiger partial charge in [0.1, 0.15) is 18.0 Å². The van der Waals surface area contributed by atoms with E-state index in [1.165, 1.54) is 12.3 Å². The molecule has 36 heavy (non-hydrogen) atoms. The second-order valence-electron chi connectivity index (χ2n) is 8.50. The Labute approximate surface area is 205 Å². The van der Waals surface area contributed by atoms with Crippen molar-refractivity contribution < 1.29 is 18.6 Å². The minimum absolute atomic E-state index is 0.222. The summed E-state index contributed by atoms with van der Waals surface area (Å²) in [5, 5.41) is 13.7. The molecule has 1 unspecified atom stereocenters. The molecule has 184 valence electrons. The topological polar surface area (TPSA) is 101 Å². The third-order valence-electron chi connectivity index (χ3n) is 5.81. The Morgan fingerprint density at radius 3 is 2.61 bits per heavy atom. The van der Waals surface area contributed by atoms with Crippen LogP contribution in [0.1, 0.15) is 29.8 Å². The Hall–Kier alpha value is -4.31. The van der Waals surface area contributed by atoms with Gasteiger partial charge in [-0.3, -0.25) is 4.57 Å². The lowest BCUT2D eigenvalue weighted by atomic mass is 10.00. The van der Waals surface area contributed by atoms with Crippen LogP contribution < -0.4 is 10.1 Å². The number of rotatable bonds is 7. The minimum Gasteiger partial charge on any atom is -0.417 e. The van der Waals surface area contributed by atoms with Crippen molar-refractivity contribution >= 4 is 22.5 Å². The fourth-order valence-electron chi connectivity index (χ4n) is 4.07. The lowest BCUT2D eigenvalue weighted by Crippen LogP contribution is -2.06. The Morgan fingerprint density at radius 2 is 1.89 bits per heavy atom. The number of aryl methyl sites for hydroxylation is 2. The van der Waals surface area contributed by atoms with Crippen molar-refractivity contribution in [1.82, 2.24) is 24.5 Å². The number of hydrogen-bond donors (Lipinski definition) is 3. The molecule has 1 atom stereocenters. The van der Waals surface area contributed by atoms with Crippen LogP contribution in [0.15, 0.2) is 61.1 Å². The van der Waals surface area contributed by atoms with Crippen LogP contribution in [0.5, 0.6) is 5.88 Å². The first-order valence-electron chi connectivity index (χ1n) is 11.3. The van der Waals surface area contributed by atoms with E-state index in [9.17, 15) is 13.9 Å². The van der Waals surface area contributed by atoms with E-state index in [1.54, 1.807) is 32.3 Å². The van der Waals surface area contributed by atoms with E-state index < -0.39 is 12.7 Å². The number of halogens is 2. The lowest BCUT2D eigenvalue weighted by molar-refractivity contribution is -0.0528. The fraction of sp³-hybridized carbons (Fsp3) is 0.192. The molecule has 0 saturated heterocycles. The van der Waals surface area contributed by atoms with Crippen LogP contribution in [0.25, 0.3) is 28.1 Å². The summed E-state index contributed by atoms with van der Waals surface area (Å²) in [6.45, 7) is 2.41. The van der Waals surface area contributed by atoms with Gasteiger partial charge in [-0.1, -0.05) is 6.07 Å². The summed E-state index contributed by atoms with van der Waals surface area (Å²) in [4.78, 5) is 16.5. The number of aromatic amines is 1. The van der Waals surface area contributed by atoms with Crippen molar-refractivity contribution in [2.75, 3.05) is 5.32 Å². The third kappa shape index (κ3) is 4.63. The zero-order valence-electron chi connectivity index (χ0n) is 19.8. The van der Waals surface area contributed by atoms with Crippen LogP contribution in [0, 0.1) is 13.8 Å². The summed E-state index contributed by atoms with van der Waals surface area (Å²) in [5.41, 5.74) is 5.77. The molecule has 1 aromatic carbocycles. The van der Waals surface area contributed by atoms with E-state index in [-0.39, 0.29) is 5.88 Å². The van der Waals surface area contributed by atoms with Gasteiger partial charge in [-0.15, -0.1) is 0 Å². The number of aromatic nitrogens is 5. The van der Waals surface area contributed by atoms with Crippen LogP contribution in [0.3, 0.4) is 0 Å². The molecular weight excluding hydrogens is 466 g/mol. The molecule has 0 spiro atoms. The molecule has 0 aliphatic heterocycles. The van der Waals surface area contributed by atoms with Crippen LogP contribution in [0.4, 0.5) is 20.3 Å². The quantitative estimate of drug-likeness (QED) is 0.266. The highest BCUT2D eigenvalue weighted by Gasteiger charge is 2.18. The molecular formula is C26H24F2N6O2. The van der Waals surface area contributed by atoms with Gasteiger partial charge >= 0.3 is 6.61 Å². The summed E-state index contributed by atoms with van der Waals surface area (Å²) in [7, 11) is 0. The van der Waals surface area contributed by atoms with Crippen molar-refractivity contribution in [1.29, 1.82) is 0 Å². The van der Waals surface area contributed by atoms with E-state index in [0.717, 1.165) is 28.2 Å². The maximum absolute atomic E-state index is 12.8. The Kier molecular flexibility index (Phi) is 6.11. The molecule has 0 saturated carbocycles. The van der Waals surface area contributed by atoms with Crippen molar-refractivity contribution in [2.45, 2.75) is 33.5 Å². The van der Waals surface area contributed by atoms with Crippen LogP contribution >= 0.6 is 0 Å². The largest absolute Gasteiger partial charge is 0.417 e. The molecule has 8 nitrogen and oxygen atoms in total. The second-order valence-corrected chi connectivity index (χ2v) is 8.50. The van der Waals surface area contributed by atoms with E-state index >= 15 is 0 Å². The number of anilines is 2. The second kappa shape index (κ2) is 9.38. The number of pyridine rings is 2. The number of benzene rings is 1. The van der Waals surface area contributed by atoms with Crippen LogP contribution in [0.2, 0.25) is 0 Å². The molecule has 0 bridgehead atoms. The highest BCUT2D eigenvalue weighted by molar-refractivity contribution is 5.82. The molecule has 0 aliphatic rings. The monoisotopic (exact) mass is 490 g/mol. The van der Waals surface area contributed by atoms with Crippen molar-refractivity contribution in [3.63, 3.8) is 0 Å². The number of ether oxygens (including phenoxy) is 1. The maximum Gasteiger partial charge on any atom is 0.388 e. The summed E-state index contributed by atoms with van der Waals surface area (Å²) < 4.78 is 31.9. The van der Waals surface area contributed by atoms with Crippen molar-refractivity contribution in [3.8, 4) is 23.0 Å². The van der Waals surface area contributed by atoms with Crippen molar-refractivity contribution in [2.24, 2.45) is 0 Å². The molecule has 3 N–H and O–H groups in total. The molecule has 0 aliphatic carbocycles. The average Bonchev–Trinajstić information content (AvgIpc) is 3.45. The van der Waals surface area contributed by atoms with Crippen LogP contribution in [-0.2, 0) is 0 Å². The first-order valence-corrected chi connectivity index (χ1v) is 11.3. The predicted octanol–water partition coefficient (Wildman–Crippen LogP) is 5.83. The predicted molar refractivity (Wildman–Crippen MR) is 133 cm³/mol. The summed E-state index contributed by atoms with van der Waals surface area (Å²) in [6.07, 6.45) is 2.28. The van der Waals surface area contributed by atoms with Gasteiger partial charge in [0.25, 0.3) is 0 Å².